The van der Waals surface area contributed by atoms with Crippen molar-refractivity contribution >= 4 is 8.53 Å². The first-order valence-electron chi connectivity index (χ1n) is 16.1. The Morgan fingerprint density at radius 3 is 1.66 bits per heavy atom. The molecule has 0 bridgehead atoms. The number of benzene rings is 4. The monoisotopic (exact) mass is 654 g/mol. The van der Waals surface area contributed by atoms with Gasteiger partial charge in [0.05, 0.1) is 46.0 Å². The zero-order valence-electron chi connectivity index (χ0n) is 28.3. The predicted octanol–water partition coefficient (Wildman–Crippen LogP) is 8.92. The molecule has 4 rings (SSSR count). The zero-order chi connectivity index (χ0) is 33.6. The van der Waals surface area contributed by atoms with Crippen molar-refractivity contribution in [2.75, 3.05) is 27.4 Å². The van der Waals surface area contributed by atoms with E-state index in [0.717, 1.165) is 33.8 Å². The maximum atomic E-state index is 9.26. The van der Waals surface area contributed by atoms with Gasteiger partial charge in [-0.2, -0.15) is 5.26 Å². The van der Waals surface area contributed by atoms with Gasteiger partial charge in [0.2, 0.25) is 0 Å². The smallest absolute Gasteiger partial charge is 0.259 e. The predicted molar refractivity (Wildman–Crippen MR) is 188 cm³/mol. The van der Waals surface area contributed by atoms with Gasteiger partial charge in [-0.05, 0) is 74.2 Å². The number of rotatable bonds is 18. The van der Waals surface area contributed by atoms with Crippen LogP contribution in [0, 0.1) is 11.3 Å². The van der Waals surface area contributed by atoms with Crippen molar-refractivity contribution in [1.29, 1.82) is 5.26 Å². The van der Waals surface area contributed by atoms with Gasteiger partial charge in [-0.15, -0.1) is 0 Å². The minimum Gasteiger partial charge on any atom is -0.497 e. The van der Waals surface area contributed by atoms with E-state index in [2.05, 4.69) is 87.0 Å². The molecule has 0 aliphatic rings. The summed E-state index contributed by atoms with van der Waals surface area (Å²) in [6, 6.07) is 39.2. The molecule has 0 N–H and O–H groups in total. The molecule has 2 atom stereocenters. The Morgan fingerprint density at radius 1 is 0.702 bits per heavy atom. The second kappa shape index (κ2) is 18.0. The van der Waals surface area contributed by atoms with E-state index in [9.17, 15) is 5.26 Å². The lowest BCUT2D eigenvalue weighted by atomic mass is 9.80. The van der Waals surface area contributed by atoms with Gasteiger partial charge in [-0.25, -0.2) is 4.67 Å². The maximum absolute atomic E-state index is 9.26. The van der Waals surface area contributed by atoms with E-state index in [1.165, 1.54) is 0 Å². The van der Waals surface area contributed by atoms with E-state index in [0.29, 0.717) is 13.0 Å². The molecule has 47 heavy (non-hydrogen) atoms. The van der Waals surface area contributed by atoms with E-state index in [1.54, 1.807) is 14.2 Å². The van der Waals surface area contributed by atoms with Crippen LogP contribution in [0.25, 0.3) is 0 Å². The highest BCUT2D eigenvalue weighted by Gasteiger charge is 2.39. The molecular formula is C39H47N2O5P. The highest BCUT2D eigenvalue weighted by molar-refractivity contribution is 7.44. The van der Waals surface area contributed by atoms with Gasteiger partial charge in [0, 0.05) is 18.5 Å². The summed E-state index contributed by atoms with van der Waals surface area (Å²) in [7, 11) is 1.83. The average molecular weight is 655 g/mol. The SMILES string of the molecule is COc1ccc(C(OC[C@@H](Cc2ccccc2)OP(OCCC#N)N(C(C)C)C(C)C)(c2ccccc2)c2ccc(OC)cc2)cc1. The summed E-state index contributed by atoms with van der Waals surface area (Å²) in [5.74, 6) is 1.52. The third kappa shape index (κ3) is 9.41. The van der Waals surface area contributed by atoms with Crippen molar-refractivity contribution in [3.63, 3.8) is 0 Å². The molecule has 0 radical (unpaired) electrons. The van der Waals surface area contributed by atoms with Gasteiger partial charge >= 0.3 is 0 Å². The maximum Gasteiger partial charge on any atom is 0.259 e. The van der Waals surface area contributed by atoms with Crippen molar-refractivity contribution in [1.82, 2.24) is 4.67 Å². The van der Waals surface area contributed by atoms with Gasteiger partial charge in [0.25, 0.3) is 8.53 Å². The van der Waals surface area contributed by atoms with Crippen molar-refractivity contribution in [2.24, 2.45) is 0 Å². The van der Waals surface area contributed by atoms with Crippen molar-refractivity contribution in [2.45, 2.75) is 64.3 Å². The number of nitrogens with zero attached hydrogens (tertiary/aromatic N) is 2. The van der Waals surface area contributed by atoms with Gasteiger partial charge in [0.15, 0.2) is 0 Å². The summed E-state index contributed by atoms with van der Waals surface area (Å²) in [6.45, 7) is 9.12. The lowest BCUT2D eigenvalue weighted by Crippen LogP contribution is -2.38. The standard InChI is InChI=1S/C39H47N2O5P/c1-30(2)41(31(3)4)47(45-27-13-26-40)46-38(28-32-14-9-7-10-15-32)29-44-39(33-16-11-8-12-17-33,34-18-22-36(42-5)23-19-34)35-20-24-37(43-6)25-21-35/h7-12,14-25,30-31,38H,13,27-29H2,1-6H3/t38-,47?/m1/s1. The Kier molecular flexibility index (Phi) is 13.8. The largest absolute Gasteiger partial charge is 0.497 e. The molecule has 0 spiro atoms. The van der Waals surface area contributed by atoms with Crippen LogP contribution in [0.2, 0.25) is 0 Å². The molecule has 7 nitrogen and oxygen atoms in total. The van der Waals surface area contributed by atoms with E-state index in [1.807, 2.05) is 60.7 Å². The molecule has 0 amide bonds. The molecule has 0 fully saturated rings. The summed E-state index contributed by atoms with van der Waals surface area (Å²) < 4.78 is 33.9. The zero-order valence-corrected chi connectivity index (χ0v) is 29.2. The quantitative estimate of drug-likeness (QED) is 0.0603. The highest BCUT2D eigenvalue weighted by Crippen LogP contribution is 2.48. The number of hydrogen-bond donors (Lipinski definition) is 0. The third-order valence-electron chi connectivity index (χ3n) is 7.87. The van der Waals surface area contributed by atoms with Crippen LogP contribution < -0.4 is 9.47 Å². The first kappa shape index (κ1) is 36.1. The molecule has 0 aromatic heterocycles. The van der Waals surface area contributed by atoms with Crippen molar-refractivity contribution in [3.05, 3.63) is 131 Å². The molecule has 0 aliphatic carbocycles. The molecule has 4 aromatic rings. The van der Waals surface area contributed by atoms with Crippen molar-refractivity contribution < 1.29 is 23.3 Å². The van der Waals surface area contributed by atoms with Crippen LogP contribution in [-0.4, -0.2) is 50.3 Å². The summed E-state index contributed by atoms with van der Waals surface area (Å²) in [6.07, 6.45) is 0.532. The molecule has 4 aromatic carbocycles. The fraction of sp³-hybridized carbons (Fsp3) is 0.359. The van der Waals surface area contributed by atoms with Crippen LogP contribution >= 0.6 is 8.53 Å². The Morgan fingerprint density at radius 2 is 1.19 bits per heavy atom. The normalized spacial score (nSPS) is 13.0. The Bertz CT molecular complexity index is 1450. The lowest BCUT2D eigenvalue weighted by molar-refractivity contribution is -0.0340. The van der Waals surface area contributed by atoms with Crippen LogP contribution in [0.3, 0.4) is 0 Å². The van der Waals surface area contributed by atoms with E-state index in [4.69, 9.17) is 23.3 Å². The first-order chi connectivity index (χ1) is 22.8. The Labute approximate surface area is 282 Å². The fourth-order valence-electron chi connectivity index (χ4n) is 5.72. The van der Waals surface area contributed by atoms with Gasteiger partial charge in [-0.3, -0.25) is 0 Å². The van der Waals surface area contributed by atoms with Crippen LogP contribution in [0.5, 0.6) is 11.5 Å². The number of nitriles is 1. The van der Waals surface area contributed by atoms with Crippen LogP contribution in [0.1, 0.15) is 56.4 Å². The molecule has 0 heterocycles. The summed E-state index contributed by atoms with van der Waals surface area (Å²) >= 11 is 0. The van der Waals surface area contributed by atoms with E-state index < -0.39 is 14.1 Å². The lowest BCUT2D eigenvalue weighted by Gasteiger charge is -2.39. The highest BCUT2D eigenvalue weighted by atomic mass is 31.2. The number of hydrogen-bond acceptors (Lipinski definition) is 7. The van der Waals surface area contributed by atoms with E-state index >= 15 is 0 Å². The summed E-state index contributed by atoms with van der Waals surface area (Å²) in [5.41, 5.74) is 3.02. The molecule has 8 heteroatoms. The molecule has 248 valence electrons. The van der Waals surface area contributed by atoms with Gasteiger partial charge < -0.3 is 23.3 Å². The van der Waals surface area contributed by atoms with Crippen LogP contribution in [-0.2, 0) is 25.8 Å². The number of ether oxygens (including phenoxy) is 3. The van der Waals surface area contributed by atoms with Gasteiger partial charge in [-0.1, -0.05) is 84.9 Å². The average Bonchev–Trinajstić information content (AvgIpc) is 3.09. The third-order valence-corrected chi connectivity index (χ3v) is 10.0. The Hall–Kier alpha value is -3.76. The Balaban J connectivity index is 1.82. The van der Waals surface area contributed by atoms with Crippen molar-refractivity contribution in [3.8, 4) is 17.6 Å². The summed E-state index contributed by atoms with van der Waals surface area (Å²) in [5, 5.41) is 9.26. The topological polar surface area (TPSA) is 73.2 Å². The minimum atomic E-state index is -1.50. The van der Waals surface area contributed by atoms with E-state index in [-0.39, 0.29) is 31.2 Å². The first-order valence-corrected chi connectivity index (χ1v) is 17.2. The number of methoxy groups -OCH3 is 2. The second-order valence-electron chi connectivity index (χ2n) is 11.8. The summed E-state index contributed by atoms with van der Waals surface area (Å²) in [4.78, 5) is 0. The van der Waals surface area contributed by atoms with Crippen LogP contribution in [0.4, 0.5) is 0 Å². The van der Waals surface area contributed by atoms with Crippen LogP contribution in [0.15, 0.2) is 109 Å². The molecule has 0 saturated heterocycles. The minimum absolute atomic E-state index is 0.170. The fourth-order valence-corrected chi connectivity index (χ4v) is 7.41. The molecule has 1 unspecified atom stereocenters. The molecule has 0 saturated carbocycles. The van der Waals surface area contributed by atoms with Gasteiger partial charge in [0.1, 0.15) is 17.1 Å². The second-order valence-corrected chi connectivity index (χ2v) is 13.2. The molecule has 0 aliphatic heterocycles. The molecular weight excluding hydrogens is 607 g/mol.